The number of halogens is 3. The van der Waals surface area contributed by atoms with Crippen LogP contribution in [0.5, 0.6) is 0 Å². The third-order valence-corrected chi connectivity index (χ3v) is 3.91. The van der Waals surface area contributed by atoms with Gasteiger partial charge in [-0.1, -0.05) is 29.3 Å². The molecule has 0 saturated carbocycles. The lowest BCUT2D eigenvalue weighted by Gasteiger charge is -2.14. The predicted molar refractivity (Wildman–Crippen MR) is 99.4 cm³/mol. The van der Waals surface area contributed by atoms with Crippen LogP contribution < -0.4 is 10.6 Å². The van der Waals surface area contributed by atoms with Crippen molar-refractivity contribution in [1.29, 1.82) is 0 Å². The fourth-order valence-corrected chi connectivity index (χ4v) is 2.34. The number of carbonyl (C=O) groups excluding carboxylic acids is 3. The lowest BCUT2D eigenvalue weighted by atomic mass is 10.2. The minimum Gasteiger partial charge on any atom is -0.451 e. The Bertz CT molecular complexity index is 876. The standard InChI is InChI=1S/C18H15Cl2FN2O4/c1-10(17(25)23-15-8-12(19)5-6-14(15)20)27-16(24)9-22-18(26)11-3-2-4-13(21)7-11/h2-8,10H,9H2,1H3,(H,22,26)(H,23,25)/t10-/m0/s1. The van der Waals surface area contributed by atoms with Gasteiger partial charge in [0.15, 0.2) is 6.10 Å². The Kier molecular flexibility index (Phi) is 7.15. The topological polar surface area (TPSA) is 84.5 Å². The monoisotopic (exact) mass is 412 g/mol. The molecule has 0 aromatic heterocycles. The number of carbonyl (C=O) groups is 3. The molecule has 0 fully saturated rings. The predicted octanol–water partition coefficient (Wildman–Crippen LogP) is 3.43. The number of hydrogen-bond donors (Lipinski definition) is 2. The summed E-state index contributed by atoms with van der Waals surface area (Å²) in [6, 6.07) is 9.52. The van der Waals surface area contributed by atoms with E-state index in [1.54, 1.807) is 6.07 Å². The average molecular weight is 413 g/mol. The second-order valence-corrected chi connectivity index (χ2v) is 6.28. The van der Waals surface area contributed by atoms with E-state index in [9.17, 15) is 18.8 Å². The molecule has 0 bridgehead atoms. The van der Waals surface area contributed by atoms with Crippen LogP contribution in [0.2, 0.25) is 10.0 Å². The SMILES string of the molecule is C[C@H](OC(=O)CNC(=O)c1cccc(F)c1)C(=O)Nc1cc(Cl)ccc1Cl. The third kappa shape index (κ3) is 6.23. The molecule has 0 aliphatic carbocycles. The van der Waals surface area contributed by atoms with Crippen LogP contribution in [-0.4, -0.2) is 30.4 Å². The van der Waals surface area contributed by atoms with E-state index in [1.807, 2.05) is 0 Å². The van der Waals surface area contributed by atoms with E-state index >= 15 is 0 Å². The van der Waals surface area contributed by atoms with Crippen molar-refractivity contribution >= 4 is 46.7 Å². The minimum absolute atomic E-state index is 0.0594. The molecule has 0 radical (unpaired) electrons. The quantitative estimate of drug-likeness (QED) is 0.711. The molecule has 2 rings (SSSR count). The average Bonchev–Trinajstić information content (AvgIpc) is 2.62. The maximum absolute atomic E-state index is 13.1. The van der Waals surface area contributed by atoms with Gasteiger partial charge in [0.25, 0.3) is 11.8 Å². The van der Waals surface area contributed by atoms with Gasteiger partial charge in [0.2, 0.25) is 0 Å². The van der Waals surface area contributed by atoms with Gasteiger partial charge in [0, 0.05) is 10.6 Å². The number of rotatable bonds is 6. The van der Waals surface area contributed by atoms with Crippen molar-refractivity contribution in [3.63, 3.8) is 0 Å². The van der Waals surface area contributed by atoms with Crippen molar-refractivity contribution in [2.45, 2.75) is 13.0 Å². The molecule has 6 nitrogen and oxygen atoms in total. The molecule has 0 unspecified atom stereocenters. The molecule has 27 heavy (non-hydrogen) atoms. The van der Waals surface area contributed by atoms with E-state index in [2.05, 4.69) is 10.6 Å². The van der Waals surface area contributed by atoms with Gasteiger partial charge in [-0.2, -0.15) is 0 Å². The summed E-state index contributed by atoms with van der Waals surface area (Å²) in [5, 5.41) is 5.42. The number of esters is 1. The highest BCUT2D eigenvalue weighted by atomic mass is 35.5. The van der Waals surface area contributed by atoms with Gasteiger partial charge in [-0.05, 0) is 43.3 Å². The zero-order chi connectivity index (χ0) is 20.0. The molecule has 2 amide bonds. The second-order valence-electron chi connectivity index (χ2n) is 5.44. The van der Waals surface area contributed by atoms with Gasteiger partial charge in [-0.15, -0.1) is 0 Å². The summed E-state index contributed by atoms with van der Waals surface area (Å²) in [4.78, 5) is 35.7. The minimum atomic E-state index is -1.14. The van der Waals surface area contributed by atoms with Crippen LogP contribution in [0, 0.1) is 5.82 Å². The van der Waals surface area contributed by atoms with Crippen LogP contribution in [0.1, 0.15) is 17.3 Å². The van der Waals surface area contributed by atoms with Gasteiger partial charge in [0.05, 0.1) is 10.7 Å². The van der Waals surface area contributed by atoms with Crippen molar-refractivity contribution in [3.8, 4) is 0 Å². The van der Waals surface area contributed by atoms with Crippen molar-refractivity contribution in [3.05, 3.63) is 63.9 Å². The van der Waals surface area contributed by atoms with Gasteiger partial charge in [-0.3, -0.25) is 14.4 Å². The number of anilines is 1. The van der Waals surface area contributed by atoms with Crippen LogP contribution in [0.4, 0.5) is 10.1 Å². The fraction of sp³-hybridized carbons (Fsp3) is 0.167. The Morgan fingerprint density at radius 1 is 1.15 bits per heavy atom. The zero-order valence-electron chi connectivity index (χ0n) is 14.1. The van der Waals surface area contributed by atoms with E-state index in [-0.39, 0.29) is 16.3 Å². The molecule has 0 heterocycles. The van der Waals surface area contributed by atoms with E-state index in [1.165, 1.54) is 37.3 Å². The first-order valence-electron chi connectivity index (χ1n) is 7.75. The summed E-state index contributed by atoms with van der Waals surface area (Å²) >= 11 is 11.8. The van der Waals surface area contributed by atoms with E-state index in [0.717, 1.165) is 6.07 Å². The third-order valence-electron chi connectivity index (χ3n) is 3.34. The summed E-state index contributed by atoms with van der Waals surface area (Å²) in [7, 11) is 0. The maximum atomic E-state index is 13.1. The van der Waals surface area contributed by atoms with Crippen LogP contribution in [0.15, 0.2) is 42.5 Å². The molecule has 0 saturated heterocycles. The smallest absolute Gasteiger partial charge is 0.326 e. The highest BCUT2D eigenvalue weighted by Crippen LogP contribution is 2.25. The first-order valence-corrected chi connectivity index (χ1v) is 8.51. The van der Waals surface area contributed by atoms with Gasteiger partial charge >= 0.3 is 5.97 Å². The number of benzene rings is 2. The van der Waals surface area contributed by atoms with Crippen LogP contribution in [0.25, 0.3) is 0 Å². The molecule has 0 aliphatic heterocycles. The summed E-state index contributed by atoms with van der Waals surface area (Å²) in [6.07, 6.45) is -1.14. The largest absolute Gasteiger partial charge is 0.451 e. The summed E-state index contributed by atoms with van der Waals surface area (Å²) < 4.78 is 18.0. The lowest BCUT2D eigenvalue weighted by Crippen LogP contribution is -2.35. The Hall–Kier alpha value is -2.64. The number of ether oxygens (including phenoxy) is 1. The molecule has 0 aliphatic rings. The summed E-state index contributed by atoms with van der Waals surface area (Å²) in [5.41, 5.74) is 0.334. The first-order chi connectivity index (χ1) is 12.8. The molecular formula is C18H15Cl2FN2O4. The van der Waals surface area contributed by atoms with Crippen molar-refractivity contribution in [1.82, 2.24) is 5.32 Å². The van der Waals surface area contributed by atoms with Crippen molar-refractivity contribution in [2.75, 3.05) is 11.9 Å². The molecular weight excluding hydrogens is 398 g/mol. The summed E-state index contributed by atoms with van der Waals surface area (Å²) in [6.45, 7) is 0.880. The molecule has 2 aromatic rings. The Morgan fingerprint density at radius 3 is 2.59 bits per heavy atom. The van der Waals surface area contributed by atoms with Crippen molar-refractivity contribution < 1.29 is 23.5 Å². The number of hydrogen-bond acceptors (Lipinski definition) is 4. The van der Waals surface area contributed by atoms with Crippen LogP contribution >= 0.6 is 23.2 Å². The fourth-order valence-electron chi connectivity index (χ4n) is 2.00. The second kappa shape index (κ2) is 9.34. The molecule has 0 spiro atoms. The van der Waals surface area contributed by atoms with Gasteiger partial charge in [-0.25, -0.2) is 4.39 Å². The highest BCUT2D eigenvalue weighted by molar-refractivity contribution is 6.35. The van der Waals surface area contributed by atoms with Gasteiger partial charge < -0.3 is 15.4 Å². The normalized spacial score (nSPS) is 11.4. The number of nitrogens with one attached hydrogen (secondary N) is 2. The van der Waals surface area contributed by atoms with Crippen molar-refractivity contribution in [2.24, 2.45) is 0 Å². The Balaban J connectivity index is 1.84. The molecule has 1 atom stereocenters. The molecule has 9 heteroatoms. The van der Waals surface area contributed by atoms with E-state index in [4.69, 9.17) is 27.9 Å². The Morgan fingerprint density at radius 2 is 1.89 bits per heavy atom. The molecule has 2 aromatic carbocycles. The summed E-state index contributed by atoms with van der Waals surface area (Å²) in [5.74, 6) is -2.67. The van der Waals surface area contributed by atoms with Gasteiger partial charge in [0.1, 0.15) is 12.4 Å². The first kappa shape index (κ1) is 20.7. The number of amides is 2. The lowest BCUT2D eigenvalue weighted by molar-refractivity contribution is -0.152. The van der Waals surface area contributed by atoms with E-state index < -0.39 is 36.2 Å². The van der Waals surface area contributed by atoms with E-state index in [0.29, 0.717) is 5.02 Å². The zero-order valence-corrected chi connectivity index (χ0v) is 15.6. The maximum Gasteiger partial charge on any atom is 0.326 e. The Labute approximate surface area is 164 Å². The van der Waals surface area contributed by atoms with Crippen LogP contribution in [0.3, 0.4) is 0 Å². The molecule has 142 valence electrons. The van der Waals surface area contributed by atoms with Crippen LogP contribution in [-0.2, 0) is 14.3 Å². The highest BCUT2D eigenvalue weighted by Gasteiger charge is 2.19. The molecule has 2 N–H and O–H groups in total.